The SMILES string of the molecule is CNCCN1CCN(CC(=O)N[C@@H](CC(=O)N[C@@H](CC(C)=O)C(=O)O)C(=O)O)CC1. The molecule has 12 heteroatoms. The van der Waals surface area contributed by atoms with Gasteiger partial charge in [-0.3, -0.25) is 24.2 Å². The smallest absolute Gasteiger partial charge is 0.326 e. The van der Waals surface area contributed by atoms with Gasteiger partial charge in [-0.15, -0.1) is 0 Å². The van der Waals surface area contributed by atoms with Crippen LogP contribution < -0.4 is 16.0 Å². The van der Waals surface area contributed by atoms with E-state index < -0.39 is 54.5 Å². The molecule has 170 valence electrons. The van der Waals surface area contributed by atoms with E-state index in [2.05, 4.69) is 20.9 Å². The molecule has 1 heterocycles. The zero-order valence-corrected chi connectivity index (χ0v) is 17.3. The number of nitrogens with zero attached hydrogens (tertiary/aromatic N) is 2. The number of hydrogen-bond donors (Lipinski definition) is 5. The molecule has 0 aromatic carbocycles. The number of amides is 2. The van der Waals surface area contributed by atoms with E-state index in [1.54, 1.807) is 0 Å². The minimum absolute atomic E-state index is 0.00730. The van der Waals surface area contributed by atoms with Gasteiger partial charge in [0.1, 0.15) is 17.9 Å². The lowest BCUT2D eigenvalue weighted by atomic mass is 10.1. The predicted molar refractivity (Wildman–Crippen MR) is 106 cm³/mol. The summed E-state index contributed by atoms with van der Waals surface area (Å²) in [5.41, 5.74) is 0. The van der Waals surface area contributed by atoms with E-state index in [-0.39, 0.29) is 6.54 Å². The molecule has 0 spiro atoms. The average Bonchev–Trinajstić information content (AvgIpc) is 2.65. The maximum absolute atomic E-state index is 12.2. The molecule has 1 aliphatic rings. The van der Waals surface area contributed by atoms with E-state index in [1.807, 2.05) is 11.9 Å². The average molecular weight is 429 g/mol. The van der Waals surface area contributed by atoms with Crippen molar-refractivity contribution in [3.05, 3.63) is 0 Å². The summed E-state index contributed by atoms with van der Waals surface area (Å²) in [4.78, 5) is 62.0. The van der Waals surface area contributed by atoms with Gasteiger partial charge in [0, 0.05) is 45.7 Å². The molecule has 0 saturated carbocycles. The van der Waals surface area contributed by atoms with E-state index in [1.165, 1.54) is 6.92 Å². The summed E-state index contributed by atoms with van der Waals surface area (Å²) in [6.07, 6.45) is -1.05. The number of ketones is 1. The number of piperazine rings is 1. The second-order valence-corrected chi connectivity index (χ2v) is 7.25. The first-order valence-corrected chi connectivity index (χ1v) is 9.75. The molecule has 0 aliphatic carbocycles. The Bertz CT molecular complexity index is 634. The quantitative estimate of drug-likeness (QED) is 0.208. The van der Waals surface area contributed by atoms with Crippen LogP contribution in [0.3, 0.4) is 0 Å². The second-order valence-electron chi connectivity index (χ2n) is 7.25. The molecule has 0 unspecified atom stereocenters. The van der Waals surface area contributed by atoms with Gasteiger partial charge in [-0.1, -0.05) is 0 Å². The van der Waals surface area contributed by atoms with Gasteiger partial charge in [0.15, 0.2) is 0 Å². The van der Waals surface area contributed by atoms with Gasteiger partial charge in [0.25, 0.3) is 0 Å². The van der Waals surface area contributed by atoms with Crippen molar-refractivity contribution >= 4 is 29.5 Å². The molecular weight excluding hydrogens is 398 g/mol. The molecule has 1 aliphatic heterocycles. The van der Waals surface area contributed by atoms with Crippen LogP contribution in [0.1, 0.15) is 19.8 Å². The molecule has 30 heavy (non-hydrogen) atoms. The topological polar surface area (TPSA) is 168 Å². The lowest BCUT2D eigenvalue weighted by Gasteiger charge is -2.34. The lowest BCUT2D eigenvalue weighted by Crippen LogP contribution is -2.53. The van der Waals surface area contributed by atoms with Crippen molar-refractivity contribution in [3.8, 4) is 0 Å². The van der Waals surface area contributed by atoms with Crippen molar-refractivity contribution in [1.29, 1.82) is 0 Å². The van der Waals surface area contributed by atoms with E-state index >= 15 is 0 Å². The van der Waals surface area contributed by atoms with Crippen molar-refractivity contribution < 1.29 is 34.2 Å². The van der Waals surface area contributed by atoms with E-state index in [0.29, 0.717) is 13.1 Å². The van der Waals surface area contributed by atoms with Crippen molar-refractivity contribution in [3.63, 3.8) is 0 Å². The fourth-order valence-electron chi connectivity index (χ4n) is 3.01. The van der Waals surface area contributed by atoms with Gasteiger partial charge in [-0.05, 0) is 14.0 Å². The highest BCUT2D eigenvalue weighted by atomic mass is 16.4. The highest BCUT2D eigenvalue weighted by Gasteiger charge is 2.28. The first-order chi connectivity index (χ1) is 14.1. The third-order valence-electron chi connectivity index (χ3n) is 4.66. The Labute approximate surface area is 175 Å². The number of aliphatic carboxylic acids is 2. The Kier molecular flexibility index (Phi) is 10.9. The van der Waals surface area contributed by atoms with Crippen LogP contribution in [0.4, 0.5) is 0 Å². The van der Waals surface area contributed by atoms with Gasteiger partial charge >= 0.3 is 11.9 Å². The Balaban J connectivity index is 2.50. The minimum Gasteiger partial charge on any atom is -0.480 e. The standard InChI is InChI=1S/C18H31N5O7/c1-12(24)9-13(17(27)28)20-15(25)10-14(18(29)30)21-16(26)11-23-7-5-22(6-8-23)4-3-19-2/h13-14,19H,3-11H2,1-2H3,(H,20,25)(H,21,26)(H,27,28)(H,29,30)/t13-,14-/m0/s1. The van der Waals surface area contributed by atoms with Crippen LogP contribution in [0.25, 0.3) is 0 Å². The Morgan fingerprint density at radius 1 is 0.833 bits per heavy atom. The molecule has 0 bridgehead atoms. The second kappa shape index (κ2) is 12.9. The van der Waals surface area contributed by atoms with Gasteiger partial charge in [-0.25, -0.2) is 9.59 Å². The molecule has 1 rings (SSSR count). The summed E-state index contributed by atoms with van der Waals surface area (Å²) in [6, 6.07) is -2.94. The number of carboxylic acids is 2. The number of nitrogens with one attached hydrogen (secondary N) is 3. The Morgan fingerprint density at radius 2 is 1.33 bits per heavy atom. The summed E-state index contributed by atoms with van der Waals surface area (Å²) in [6.45, 7) is 5.90. The van der Waals surface area contributed by atoms with Crippen LogP contribution in [0.15, 0.2) is 0 Å². The largest absolute Gasteiger partial charge is 0.480 e. The number of carbonyl (C=O) groups excluding carboxylic acids is 3. The first-order valence-electron chi connectivity index (χ1n) is 9.75. The summed E-state index contributed by atoms with van der Waals surface area (Å²) < 4.78 is 0. The monoisotopic (exact) mass is 429 g/mol. The van der Waals surface area contributed by atoms with Crippen molar-refractivity contribution in [2.24, 2.45) is 0 Å². The van der Waals surface area contributed by atoms with E-state index in [4.69, 9.17) is 5.11 Å². The normalized spacial score (nSPS) is 17.0. The lowest BCUT2D eigenvalue weighted by molar-refractivity contribution is -0.145. The van der Waals surface area contributed by atoms with Gasteiger partial charge in [0.05, 0.1) is 13.0 Å². The summed E-state index contributed by atoms with van der Waals surface area (Å²) >= 11 is 0. The number of carboxylic acid groups (broad SMARTS) is 2. The molecule has 2 amide bonds. The van der Waals surface area contributed by atoms with Crippen LogP contribution in [0.5, 0.6) is 0 Å². The van der Waals surface area contributed by atoms with Crippen LogP contribution >= 0.6 is 0 Å². The summed E-state index contributed by atoms with van der Waals surface area (Å²) in [7, 11) is 1.88. The Hall–Kier alpha value is -2.57. The number of carbonyl (C=O) groups is 5. The van der Waals surface area contributed by atoms with Crippen molar-refractivity contribution in [2.75, 3.05) is 52.9 Å². The van der Waals surface area contributed by atoms with Gasteiger partial charge < -0.3 is 26.2 Å². The summed E-state index contributed by atoms with van der Waals surface area (Å²) in [5, 5.41) is 25.8. The van der Waals surface area contributed by atoms with Crippen LogP contribution in [-0.2, 0) is 24.0 Å². The van der Waals surface area contributed by atoms with Crippen molar-refractivity contribution in [1.82, 2.24) is 25.8 Å². The van der Waals surface area contributed by atoms with Gasteiger partial charge in [0.2, 0.25) is 11.8 Å². The highest BCUT2D eigenvalue weighted by molar-refractivity contribution is 5.92. The maximum atomic E-state index is 12.2. The Morgan fingerprint density at radius 3 is 1.83 bits per heavy atom. The zero-order chi connectivity index (χ0) is 22.7. The van der Waals surface area contributed by atoms with Gasteiger partial charge in [-0.2, -0.15) is 0 Å². The minimum atomic E-state index is -1.50. The molecule has 2 atom stereocenters. The predicted octanol–water partition coefficient (Wildman–Crippen LogP) is -2.67. The number of likely N-dealkylation sites (N-methyl/N-ethyl adjacent to an activating group) is 1. The molecule has 1 fully saturated rings. The molecule has 1 saturated heterocycles. The molecular formula is C18H31N5O7. The molecule has 5 N–H and O–H groups in total. The number of Topliss-reactive ketones (excluding diaryl/α,β-unsaturated/α-hetero) is 1. The number of rotatable bonds is 13. The van der Waals surface area contributed by atoms with E-state index in [9.17, 15) is 29.1 Å². The molecule has 0 radical (unpaired) electrons. The zero-order valence-electron chi connectivity index (χ0n) is 17.3. The fourth-order valence-corrected chi connectivity index (χ4v) is 3.01. The third-order valence-corrected chi connectivity index (χ3v) is 4.66. The van der Waals surface area contributed by atoms with E-state index in [0.717, 1.165) is 26.2 Å². The molecule has 12 nitrogen and oxygen atoms in total. The fraction of sp³-hybridized carbons (Fsp3) is 0.722. The molecule has 0 aromatic rings. The number of hydrogen-bond acceptors (Lipinski definition) is 8. The van der Waals surface area contributed by atoms with Crippen molar-refractivity contribution in [2.45, 2.75) is 31.8 Å². The maximum Gasteiger partial charge on any atom is 0.326 e. The van der Waals surface area contributed by atoms with Crippen LogP contribution in [0.2, 0.25) is 0 Å². The third kappa shape index (κ3) is 9.76. The molecule has 0 aromatic heterocycles. The van der Waals surface area contributed by atoms with Crippen LogP contribution in [0, 0.1) is 0 Å². The highest BCUT2D eigenvalue weighted by Crippen LogP contribution is 2.02. The summed E-state index contributed by atoms with van der Waals surface area (Å²) in [5.74, 6) is -4.65. The van der Waals surface area contributed by atoms with Crippen LogP contribution in [-0.4, -0.2) is 114 Å². The first kappa shape index (κ1) is 25.5.